The first kappa shape index (κ1) is 13.0. The average Bonchev–Trinajstić information content (AvgIpc) is 2.63. The minimum Gasteiger partial charge on any atom is -0.388 e. The van der Waals surface area contributed by atoms with E-state index in [0.717, 1.165) is 0 Å². The lowest BCUT2D eigenvalue weighted by atomic mass is 10.2. The van der Waals surface area contributed by atoms with Gasteiger partial charge in [0.2, 0.25) is 11.7 Å². The lowest BCUT2D eigenvalue weighted by Gasteiger charge is -2.21. The monoisotopic (exact) mass is 347 g/mol. The molecule has 0 aliphatic carbocycles. The van der Waals surface area contributed by atoms with Crippen LogP contribution in [-0.2, 0) is 13.8 Å². The van der Waals surface area contributed by atoms with Gasteiger partial charge in [-0.3, -0.25) is 18.9 Å². The summed E-state index contributed by atoms with van der Waals surface area (Å²) in [6.45, 7) is -3.86. The van der Waals surface area contributed by atoms with Crippen molar-refractivity contribution in [2.24, 2.45) is 0 Å². The number of phosphoric acid groups is 1. The van der Waals surface area contributed by atoms with Gasteiger partial charge in [-0.05, 0) is 0 Å². The van der Waals surface area contributed by atoms with Gasteiger partial charge in [-0.2, -0.15) is 4.39 Å². The van der Waals surface area contributed by atoms with Gasteiger partial charge in [-0.1, -0.05) is 0 Å². The predicted octanol–water partition coefficient (Wildman–Crippen LogP) is -1.27. The van der Waals surface area contributed by atoms with E-state index in [0.29, 0.717) is 0 Å². The zero-order valence-electron chi connectivity index (χ0n) is 13.4. The van der Waals surface area contributed by atoms with Gasteiger partial charge in [0.25, 0.3) is 5.56 Å². The number of nitrogens with one attached hydrogen (secondary N) is 1. The molecule has 1 aliphatic rings. The number of alkyl halides is 1. The number of hydrogen-bond acceptors (Lipinski definition) is 6. The molecule has 1 aromatic rings. The molecule has 0 bridgehead atoms. The van der Waals surface area contributed by atoms with Gasteiger partial charge in [0.1, 0.15) is 12.7 Å². The molecule has 13 heteroatoms. The SMILES string of the molecule is [2H]C([2H])(OP(=O)(O)O)[C@]1(F)C[C@@H](O)[C@]([2H])(n2cc(F)c(=O)[nH]c2=O)O1. The highest BCUT2D eigenvalue weighted by atomic mass is 31.2. The Bertz CT molecular complexity index is 858. The van der Waals surface area contributed by atoms with Crippen molar-refractivity contribution in [3.8, 4) is 0 Å². The molecule has 3 atom stereocenters. The Balaban J connectivity index is 2.50. The molecule has 124 valence electrons. The summed E-state index contributed by atoms with van der Waals surface area (Å²) in [5, 5.41) is 9.84. The number of phosphoric ester groups is 1. The Morgan fingerprint density at radius 1 is 1.68 bits per heavy atom. The number of ether oxygens (including phenoxy) is 1. The van der Waals surface area contributed by atoms with E-state index in [-0.39, 0.29) is 10.8 Å². The fraction of sp³-hybridized carbons (Fsp3) is 0.556. The van der Waals surface area contributed by atoms with Crippen molar-refractivity contribution in [2.45, 2.75) is 24.6 Å². The third kappa shape index (κ3) is 3.66. The van der Waals surface area contributed by atoms with E-state index < -0.39 is 56.0 Å². The van der Waals surface area contributed by atoms with Gasteiger partial charge in [-0.15, -0.1) is 0 Å². The minimum absolute atomic E-state index is 0.0523. The van der Waals surface area contributed by atoms with Crippen LogP contribution in [0.1, 0.15) is 16.7 Å². The second-order valence-electron chi connectivity index (χ2n) is 4.18. The van der Waals surface area contributed by atoms with Crippen LogP contribution in [0.5, 0.6) is 0 Å². The molecule has 1 aliphatic heterocycles. The van der Waals surface area contributed by atoms with Gasteiger partial charge in [-0.25, -0.2) is 13.8 Å². The van der Waals surface area contributed by atoms with Crippen LogP contribution in [0.15, 0.2) is 15.8 Å². The first-order valence-corrected chi connectivity index (χ1v) is 7.00. The van der Waals surface area contributed by atoms with Crippen LogP contribution < -0.4 is 11.2 Å². The maximum atomic E-state index is 14.7. The molecule has 4 N–H and O–H groups in total. The molecule has 1 saturated heterocycles. The van der Waals surface area contributed by atoms with E-state index >= 15 is 0 Å². The molecule has 0 saturated carbocycles. The Hall–Kier alpha value is -1.43. The largest absolute Gasteiger partial charge is 0.469 e. The molecule has 10 nitrogen and oxygen atoms in total. The van der Waals surface area contributed by atoms with Gasteiger partial charge in [0, 0.05) is 6.42 Å². The Morgan fingerprint density at radius 2 is 2.32 bits per heavy atom. The summed E-state index contributed by atoms with van der Waals surface area (Å²) >= 11 is 0. The number of hydrogen-bond donors (Lipinski definition) is 4. The smallest absolute Gasteiger partial charge is 0.388 e. The highest BCUT2D eigenvalue weighted by Crippen LogP contribution is 2.42. The highest BCUT2D eigenvalue weighted by molar-refractivity contribution is 7.46. The fourth-order valence-corrected chi connectivity index (χ4v) is 1.88. The van der Waals surface area contributed by atoms with Crippen LogP contribution >= 0.6 is 7.82 Å². The molecular weight excluding hydrogens is 333 g/mol. The van der Waals surface area contributed by atoms with E-state index in [1.165, 1.54) is 4.98 Å². The molecule has 2 rings (SSSR count). The fourth-order valence-electron chi connectivity index (χ4n) is 1.62. The van der Waals surface area contributed by atoms with Crippen LogP contribution in [0.2, 0.25) is 0 Å². The lowest BCUT2D eigenvalue weighted by Crippen LogP contribution is -2.37. The van der Waals surface area contributed by atoms with Crippen molar-refractivity contribution >= 4 is 7.82 Å². The van der Waals surface area contributed by atoms with Gasteiger partial charge in [0.05, 0.1) is 10.3 Å². The van der Waals surface area contributed by atoms with Gasteiger partial charge in [0.15, 0.2) is 6.20 Å². The average molecular weight is 347 g/mol. The summed E-state index contributed by atoms with van der Waals surface area (Å²) in [6, 6.07) is 0. The summed E-state index contributed by atoms with van der Waals surface area (Å²) in [7, 11) is -5.55. The molecule has 2 heterocycles. The standard InChI is InChI=1S/C9H11F2N2O8P/c10-4-2-13(8(16)12-6(4)15)7-5(14)1-9(11,21-7)3-20-22(17,18)19/h2,5,7,14H,1,3H2,(H,12,15,16)(H2,17,18,19)/t5-,7-,9+/m1/s1/i3D2,7D. The van der Waals surface area contributed by atoms with Gasteiger partial charge < -0.3 is 19.6 Å². The molecule has 22 heavy (non-hydrogen) atoms. The Morgan fingerprint density at radius 3 is 2.91 bits per heavy atom. The summed E-state index contributed by atoms with van der Waals surface area (Å²) in [4.78, 5) is 41.3. The Labute approximate surface area is 124 Å². The number of aromatic nitrogens is 2. The second-order valence-corrected chi connectivity index (χ2v) is 5.34. The molecule has 1 fully saturated rings. The van der Waals surface area contributed by atoms with E-state index in [1.807, 2.05) is 0 Å². The van der Waals surface area contributed by atoms with Crippen LogP contribution in [0.4, 0.5) is 8.78 Å². The first-order chi connectivity index (χ1) is 11.1. The third-order valence-corrected chi connectivity index (χ3v) is 2.79. The van der Waals surface area contributed by atoms with E-state index in [2.05, 4.69) is 9.26 Å². The maximum Gasteiger partial charge on any atom is 0.469 e. The van der Waals surface area contributed by atoms with Crippen molar-refractivity contribution in [2.75, 3.05) is 6.56 Å². The molecule has 0 amide bonds. The number of aliphatic hydroxyl groups excluding tert-OH is 1. The van der Waals surface area contributed by atoms with Crippen LogP contribution in [-0.4, -0.2) is 43.0 Å². The number of aromatic amines is 1. The quantitative estimate of drug-likeness (QED) is 0.492. The third-order valence-electron chi connectivity index (χ3n) is 2.46. The van der Waals surface area contributed by atoms with Crippen molar-refractivity contribution in [3.05, 3.63) is 32.9 Å². The molecule has 0 unspecified atom stereocenters. The van der Waals surface area contributed by atoms with Gasteiger partial charge >= 0.3 is 13.5 Å². The molecule has 1 aromatic heterocycles. The molecule has 0 radical (unpaired) electrons. The van der Waals surface area contributed by atoms with Crippen LogP contribution in [0.25, 0.3) is 0 Å². The number of aliphatic hydroxyl groups is 1. The summed E-state index contributed by atoms with van der Waals surface area (Å²) in [5.74, 6) is -5.39. The van der Waals surface area contributed by atoms with Crippen LogP contribution in [0, 0.1) is 5.82 Å². The zero-order chi connectivity index (χ0) is 19.4. The van der Waals surface area contributed by atoms with E-state index in [4.69, 9.17) is 13.9 Å². The number of H-pyrrole nitrogens is 1. The predicted molar refractivity (Wildman–Crippen MR) is 63.9 cm³/mol. The zero-order valence-corrected chi connectivity index (χ0v) is 11.3. The minimum atomic E-state index is -5.55. The summed E-state index contributed by atoms with van der Waals surface area (Å²) < 4.78 is 69.2. The highest BCUT2D eigenvalue weighted by Gasteiger charge is 2.49. The van der Waals surface area contributed by atoms with Crippen molar-refractivity contribution in [3.63, 3.8) is 0 Å². The maximum absolute atomic E-state index is 14.7. The summed E-state index contributed by atoms with van der Waals surface area (Å²) in [5.41, 5.74) is -2.95. The van der Waals surface area contributed by atoms with Crippen molar-refractivity contribution in [1.82, 2.24) is 9.55 Å². The number of nitrogens with zero attached hydrogens (tertiary/aromatic N) is 1. The first-order valence-electron chi connectivity index (χ1n) is 6.97. The van der Waals surface area contributed by atoms with E-state index in [9.17, 15) is 28.0 Å². The molecular formula is C9H11F2N2O8P. The second kappa shape index (κ2) is 5.65. The topological polar surface area (TPSA) is 151 Å². The van der Waals surface area contributed by atoms with E-state index in [1.54, 1.807) is 0 Å². The number of halogens is 2. The Kier molecular flexibility index (Phi) is 3.35. The summed E-state index contributed by atoms with van der Waals surface area (Å²) in [6.07, 6.45) is -6.75. The molecule has 0 spiro atoms. The number of rotatable bonds is 4. The van der Waals surface area contributed by atoms with Crippen LogP contribution in [0.3, 0.4) is 0 Å². The van der Waals surface area contributed by atoms with Crippen molar-refractivity contribution < 1.29 is 41.6 Å². The normalized spacial score (nSPS) is 35.0. The lowest BCUT2D eigenvalue weighted by molar-refractivity contribution is -0.178. The van der Waals surface area contributed by atoms with Crippen molar-refractivity contribution in [1.29, 1.82) is 0 Å². The molecule has 0 aromatic carbocycles.